The number of aryl methyl sites for hydroxylation is 1. The van der Waals surface area contributed by atoms with Crippen LogP contribution in [0.1, 0.15) is 125 Å². The summed E-state index contributed by atoms with van der Waals surface area (Å²) in [6, 6.07) is 15.2. The van der Waals surface area contributed by atoms with Crippen molar-refractivity contribution in [2.24, 2.45) is 5.92 Å². The highest BCUT2D eigenvalue weighted by atomic mass is 32.2. The lowest BCUT2D eigenvalue weighted by Crippen LogP contribution is -2.57. The highest BCUT2D eigenvalue weighted by Gasteiger charge is 2.42. The molecule has 3 aromatic carbocycles. The fourth-order valence-corrected chi connectivity index (χ4v) is 13.8. The Morgan fingerprint density at radius 1 is 0.833 bits per heavy atom. The van der Waals surface area contributed by atoms with Crippen molar-refractivity contribution in [3.05, 3.63) is 111 Å². The maximum atomic E-state index is 14.7. The van der Waals surface area contributed by atoms with Crippen LogP contribution in [0.25, 0.3) is 0 Å². The van der Waals surface area contributed by atoms with Gasteiger partial charge in [0.2, 0.25) is 23.5 Å². The number of piperazine rings is 1. The van der Waals surface area contributed by atoms with E-state index in [4.69, 9.17) is 9.47 Å². The fraction of sp³-hybridized carbons (Fsp3) is 0.474. The van der Waals surface area contributed by atoms with Crippen molar-refractivity contribution < 1.29 is 42.6 Å². The molecule has 0 spiro atoms. The SMILES string of the molecule is CN[C@@H](C)C(=O)N[C@H](C(=O)N1CCC[C@H]1c1nc(C(=O)c2ccc(F)cc2)cs1)C1CCN(C2CCCC(Oc3ccc(C(=O)Nc4ncc(Sc5cc(C(=O)N6CCN(C(C)=O)CC6)c(OC)cc5C)s4)cc3)CC2)CC1. The van der Waals surface area contributed by atoms with Crippen LogP contribution in [-0.2, 0) is 14.4 Å². The molecule has 414 valence electrons. The van der Waals surface area contributed by atoms with Crippen LogP contribution in [0.15, 0.2) is 81.3 Å². The number of aromatic nitrogens is 2. The molecule has 2 unspecified atom stereocenters. The predicted octanol–water partition coefficient (Wildman–Crippen LogP) is 8.24. The topological polar surface area (TPSA) is 196 Å². The first-order valence-electron chi connectivity index (χ1n) is 26.9. The second kappa shape index (κ2) is 25.7. The van der Waals surface area contributed by atoms with Gasteiger partial charge in [0.1, 0.15) is 34.1 Å². The minimum Gasteiger partial charge on any atom is -0.496 e. The van der Waals surface area contributed by atoms with E-state index in [9.17, 15) is 33.2 Å². The average Bonchev–Trinajstić information content (AvgIpc) is 4.27. The summed E-state index contributed by atoms with van der Waals surface area (Å²) in [5, 5.41) is 11.9. The largest absolute Gasteiger partial charge is 0.496 e. The number of nitrogens with one attached hydrogen (secondary N) is 3. The van der Waals surface area contributed by atoms with Crippen molar-refractivity contribution in [2.75, 3.05) is 65.3 Å². The maximum absolute atomic E-state index is 14.7. The van der Waals surface area contributed by atoms with E-state index in [0.29, 0.717) is 83.5 Å². The van der Waals surface area contributed by atoms with Crippen molar-refractivity contribution >= 4 is 74.9 Å². The van der Waals surface area contributed by atoms with Crippen LogP contribution in [0.5, 0.6) is 11.5 Å². The summed E-state index contributed by atoms with van der Waals surface area (Å²) < 4.78 is 26.5. The van der Waals surface area contributed by atoms with Crippen LogP contribution in [-0.4, -0.2) is 149 Å². The monoisotopic (exact) mass is 1120 g/mol. The van der Waals surface area contributed by atoms with E-state index in [1.54, 1.807) is 54.6 Å². The Kier molecular flexibility index (Phi) is 18.6. The minimum atomic E-state index is -0.704. The normalized spacial score (nSPS) is 20.1. The number of methoxy groups -OCH3 is 1. The molecule has 4 aliphatic rings. The molecule has 5 atom stereocenters. The third kappa shape index (κ3) is 13.4. The van der Waals surface area contributed by atoms with Crippen molar-refractivity contribution in [3.8, 4) is 11.5 Å². The lowest BCUT2D eigenvalue weighted by molar-refractivity contribution is -0.140. The molecule has 3 N–H and O–H groups in total. The van der Waals surface area contributed by atoms with Crippen LogP contribution < -0.4 is 25.4 Å². The van der Waals surface area contributed by atoms with Gasteiger partial charge in [-0.25, -0.2) is 14.4 Å². The number of likely N-dealkylation sites (tertiary alicyclic amines) is 2. The molecule has 21 heteroatoms. The number of amides is 5. The van der Waals surface area contributed by atoms with E-state index in [-0.39, 0.29) is 59.1 Å². The average molecular weight is 1120 g/mol. The molecule has 3 aliphatic heterocycles. The number of hydrogen-bond acceptors (Lipinski definition) is 15. The molecule has 3 saturated heterocycles. The van der Waals surface area contributed by atoms with E-state index in [1.165, 1.54) is 65.6 Å². The third-order valence-electron chi connectivity index (χ3n) is 15.6. The van der Waals surface area contributed by atoms with Crippen LogP contribution in [0.2, 0.25) is 0 Å². The molecule has 5 aromatic rings. The van der Waals surface area contributed by atoms with Gasteiger partial charge in [0.15, 0.2) is 5.13 Å². The number of likely N-dealkylation sites (N-methyl/N-ethyl adjacent to an activating group) is 1. The van der Waals surface area contributed by atoms with Crippen molar-refractivity contribution in [1.29, 1.82) is 0 Å². The molecule has 4 fully saturated rings. The molecule has 1 aliphatic carbocycles. The summed E-state index contributed by atoms with van der Waals surface area (Å²) in [6.45, 7) is 9.30. The zero-order valence-corrected chi connectivity index (χ0v) is 47.2. The second-order valence-corrected chi connectivity index (χ2v) is 23.8. The number of hydrogen-bond donors (Lipinski definition) is 3. The number of nitrogens with zero attached hydrogens (tertiary/aromatic N) is 6. The highest BCUT2D eigenvalue weighted by molar-refractivity contribution is 8.01. The Labute approximate surface area is 467 Å². The first-order chi connectivity index (χ1) is 37.7. The summed E-state index contributed by atoms with van der Waals surface area (Å²) in [7, 11) is 3.27. The Morgan fingerprint density at radius 3 is 2.26 bits per heavy atom. The minimum absolute atomic E-state index is 0.000969. The molecule has 5 heterocycles. The highest BCUT2D eigenvalue weighted by Crippen LogP contribution is 2.40. The zero-order valence-electron chi connectivity index (χ0n) is 44.8. The van der Waals surface area contributed by atoms with Gasteiger partial charge >= 0.3 is 0 Å². The maximum Gasteiger partial charge on any atom is 0.257 e. The number of rotatable bonds is 17. The van der Waals surface area contributed by atoms with Crippen molar-refractivity contribution in [2.45, 2.75) is 118 Å². The Balaban J connectivity index is 0.752. The van der Waals surface area contributed by atoms with Gasteiger partial charge in [-0.3, -0.25) is 34.1 Å². The number of piperidine rings is 1. The van der Waals surface area contributed by atoms with Crippen LogP contribution in [0.4, 0.5) is 9.52 Å². The summed E-state index contributed by atoms with van der Waals surface area (Å²) in [6.07, 6.45) is 9.54. The summed E-state index contributed by atoms with van der Waals surface area (Å²) >= 11 is 4.15. The Bertz CT molecular complexity index is 2960. The van der Waals surface area contributed by atoms with Crippen molar-refractivity contribution in [3.63, 3.8) is 0 Å². The molecule has 2 aromatic heterocycles. The Morgan fingerprint density at radius 2 is 1.55 bits per heavy atom. The number of ether oxygens (including phenoxy) is 2. The van der Waals surface area contributed by atoms with E-state index in [0.717, 1.165) is 79.1 Å². The van der Waals surface area contributed by atoms with Gasteiger partial charge in [-0.1, -0.05) is 23.1 Å². The number of halogens is 1. The summed E-state index contributed by atoms with van der Waals surface area (Å²) in [5.41, 5.74) is 2.47. The van der Waals surface area contributed by atoms with E-state index in [2.05, 4.69) is 30.8 Å². The number of benzene rings is 3. The van der Waals surface area contributed by atoms with Gasteiger partial charge in [-0.15, -0.1) is 11.3 Å². The zero-order chi connectivity index (χ0) is 55.0. The summed E-state index contributed by atoms with van der Waals surface area (Å²) in [5.74, 6) is -0.376. The van der Waals surface area contributed by atoms with E-state index in [1.807, 2.05) is 36.1 Å². The molecule has 5 amide bonds. The van der Waals surface area contributed by atoms with Crippen LogP contribution in [0, 0.1) is 18.7 Å². The lowest BCUT2D eigenvalue weighted by atomic mass is 9.87. The first kappa shape index (κ1) is 56.5. The predicted molar refractivity (Wildman–Crippen MR) is 298 cm³/mol. The number of carbonyl (C=O) groups excluding carboxylic acids is 6. The van der Waals surface area contributed by atoms with Gasteiger partial charge in [0.05, 0.1) is 41.3 Å². The van der Waals surface area contributed by atoms with E-state index >= 15 is 0 Å². The quantitative estimate of drug-likeness (QED) is 0.0596. The lowest BCUT2D eigenvalue weighted by Gasteiger charge is -2.41. The van der Waals surface area contributed by atoms with Crippen LogP contribution in [0.3, 0.4) is 0 Å². The molecule has 0 bridgehead atoms. The van der Waals surface area contributed by atoms with Crippen molar-refractivity contribution in [1.82, 2.24) is 40.2 Å². The number of ketones is 1. The molecule has 17 nitrogen and oxygen atoms in total. The van der Waals surface area contributed by atoms with Gasteiger partial charge in [-0.05, 0) is 164 Å². The van der Waals surface area contributed by atoms with E-state index < -0.39 is 17.9 Å². The molecule has 1 saturated carbocycles. The van der Waals surface area contributed by atoms with Gasteiger partial charge in [0, 0.05) is 67.1 Å². The molecule has 0 radical (unpaired) electrons. The number of carbonyl (C=O) groups is 6. The summed E-state index contributed by atoms with van der Waals surface area (Å²) in [4.78, 5) is 98.1. The van der Waals surface area contributed by atoms with Gasteiger partial charge < -0.3 is 39.7 Å². The number of anilines is 1. The molecular weight excluding hydrogens is 1050 g/mol. The third-order valence-corrected chi connectivity index (χ3v) is 18.7. The molecule has 78 heavy (non-hydrogen) atoms. The number of thiazole rings is 2. The van der Waals surface area contributed by atoms with Gasteiger partial charge in [-0.2, -0.15) is 0 Å². The fourth-order valence-electron chi connectivity index (χ4n) is 10.9. The first-order valence-corrected chi connectivity index (χ1v) is 29.4. The Hall–Kier alpha value is -6.26. The van der Waals surface area contributed by atoms with Crippen LogP contribution >= 0.6 is 34.4 Å². The van der Waals surface area contributed by atoms with Gasteiger partial charge in [0.25, 0.3) is 11.8 Å². The standard InChI is InChI=1S/C57H68FN9O8S3/c1-34-30-47(74-5)44(55(72)66-28-26-64(27-29-66)36(3)68)31-48(34)77-49-32-60-57(78-49)63-53(71)39-13-18-43(19-14-39)75-42-9-6-8-41(17-20-42)65-24-21-37(22-25-65)50(62-52(70)35(2)59-4)56(73)67-23-7-10-46(67)54-61-45(33-76-54)51(69)38-11-15-40(58)16-12-38/h11-16,18-19,30-33,35,37,41-42,46,50,59H,6-10,17,20-29H2,1-5H3,(H,62,70)(H,60,63,71)/t35-,41?,42?,46-,50-/m0/s1. The second-order valence-electron chi connectivity index (χ2n) is 20.5. The molecular formula is C57H68FN9O8S3. The smallest absolute Gasteiger partial charge is 0.257 e. The molecule has 9 rings (SSSR count).